The predicted octanol–water partition coefficient (Wildman–Crippen LogP) is 1.74. The van der Waals surface area contributed by atoms with E-state index in [2.05, 4.69) is 25.7 Å². The molecule has 2 atom stereocenters. The van der Waals surface area contributed by atoms with Crippen LogP contribution < -0.4 is 0 Å². The predicted molar refractivity (Wildman–Crippen MR) is 55.7 cm³/mol. The smallest absolute Gasteiger partial charge is 0.0590 e. The molecule has 0 saturated carbocycles. The van der Waals surface area contributed by atoms with E-state index < -0.39 is 0 Å². The summed E-state index contributed by atoms with van der Waals surface area (Å²) in [6.45, 7) is 10.0. The lowest BCUT2D eigenvalue weighted by Gasteiger charge is -2.34. The van der Waals surface area contributed by atoms with E-state index >= 15 is 0 Å². The molecule has 78 valence electrons. The first-order valence-corrected chi connectivity index (χ1v) is 5.50. The molecule has 1 aliphatic heterocycles. The van der Waals surface area contributed by atoms with Crippen molar-refractivity contribution in [2.45, 2.75) is 39.7 Å². The van der Waals surface area contributed by atoms with E-state index in [1.54, 1.807) is 0 Å². The zero-order valence-corrected chi connectivity index (χ0v) is 9.16. The second-order valence-electron chi connectivity index (χ2n) is 4.82. The van der Waals surface area contributed by atoms with Crippen LogP contribution in [-0.4, -0.2) is 35.7 Å². The molecule has 2 unspecified atom stereocenters. The summed E-state index contributed by atoms with van der Waals surface area (Å²) >= 11 is 0. The molecule has 1 rings (SSSR count). The van der Waals surface area contributed by atoms with Crippen molar-refractivity contribution < 1.29 is 5.11 Å². The fourth-order valence-electron chi connectivity index (χ4n) is 1.86. The molecule has 0 aromatic rings. The summed E-state index contributed by atoms with van der Waals surface area (Å²) in [7, 11) is 0. The molecule has 1 N–H and O–H groups in total. The second kappa shape index (κ2) is 4.97. The van der Waals surface area contributed by atoms with Crippen LogP contribution in [0.2, 0.25) is 0 Å². The van der Waals surface area contributed by atoms with Crippen LogP contribution in [0.15, 0.2) is 0 Å². The number of hydrogen-bond acceptors (Lipinski definition) is 2. The third kappa shape index (κ3) is 3.65. The van der Waals surface area contributed by atoms with Crippen LogP contribution in [0.3, 0.4) is 0 Å². The summed E-state index contributed by atoms with van der Waals surface area (Å²) < 4.78 is 0. The maximum atomic E-state index is 9.55. The van der Waals surface area contributed by atoms with Gasteiger partial charge in [-0.25, -0.2) is 0 Å². The molecule has 0 aromatic heterocycles. The van der Waals surface area contributed by atoms with Crippen LogP contribution in [0.4, 0.5) is 0 Å². The Labute approximate surface area is 81.9 Å². The highest BCUT2D eigenvalue weighted by Gasteiger charge is 2.23. The van der Waals surface area contributed by atoms with Gasteiger partial charge in [0.2, 0.25) is 0 Å². The van der Waals surface area contributed by atoms with Gasteiger partial charge in [-0.2, -0.15) is 0 Å². The van der Waals surface area contributed by atoms with Gasteiger partial charge in [-0.3, -0.25) is 0 Å². The molecule has 0 spiro atoms. The van der Waals surface area contributed by atoms with Crippen LogP contribution >= 0.6 is 0 Å². The van der Waals surface area contributed by atoms with E-state index in [9.17, 15) is 5.11 Å². The molecule has 1 saturated heterocycles. The Morgan fingerprint density at radius 3 is 2.69 bits per heavy atom. The van der Waals surface area contributed by atoms with E-state index in [1.165, 1.54) is 13.0 Å². The topological polar surface area (TPSA) is 23.5 Å². The van der Waals surface area contributed by atoms with Crippen LogP contribution in [0.1, 0.15) is 33.6 Å². The summed E-state index contributed by atoms with van der Waals surface area (Å²) in [5.41, 5.74) is 0. The highest BCUT2D eigenvalue weighted by molar-refractivity contribution is 4.76. The van der Waals surface area contributed by atoms with Crippen molar-refractivity contribution in [3.8, 4) is 0 Å². The first kappa shape index (κ1) is 11.0. The molecule has 0 amide bonds. The van der Waals surface area contributed by atoms with Crippen molar-refractivity contribution in [2.75, 3.05) is 19.6 Å². The number of rotatable bonds is 3. The van der Waals surface area contributed by atoms with E-state index in [1.807, 2.05) is 0 Å². The third-order valence-corrected chi connectivity index (χ3v) is 2.97. The molecule has 0 bridgehead atoms. The average Bonchev–Trinajstić information content (AvgIpc) is 2.07. The maximum Gasteiger partial charge on any atom is 0.0590 e. The first-order chi connectivity index (χ1) is 6.09. The quantitative estimate of drug-likeness (QED) is 0.724. The lowest BCUT2D eigenvalue weighted by atomic mass is 9.96. The van der Waals surface area contributed by atoms with Crippen LogP contribution in [0, 0.1) is 11.8 Å². The standard InChI is InChI=1S/C11H23NO/c1-9(2)4-6-12-7-5-11(13)10(3)8-12/h9-11,13H,4-8H2,1-3H3. The molecular formula is C11H23NO. The average molecular weight is 185 g/mol. The van der Waals surface area contributed by atoms with E-state index in [0.29, 0.717) is 5.92 Å². The Hall–Kier alpha value is -0.0800. The molecule has 0 radical (unpaired) electrons. The van der Waals surface area contributed by atoms with Gasteiger partial charge in [0.1, 0.15) is 0 Å². The zero-order valence-electron chi connectivity index (χ0n) is 9.16. The summed E-state index contributed by atoms with van der Waals surface area (Å²) in [6, 6.07) is 0. The number of likely N-dealkylation sites (tertiary alicyclic amines) is 1. The highest BCUT2D eigenvalue weighted by Crippen LogP contribution is 2.17. The number of aliphatic hydroxyl groups is 1. The van der Waals surface area contributed by atoms with E-state index in [4.69, 9.17) is 0 Å². The summed E-state index contributed by atoms with van der Waals surface area (Å²) in [5.74, 6) is 1.25. The van der Waals surface area contributed by atoms with Gasteiger partial charge in [0, 0.05) is 13.1 Å². The van der Waals surface area contributed by atoms with Gasteiger partial charge in [-0.05, 0) is 31.2 Å². The minimum Gasteiger partial charge on any atom is -0.393 e. The fraction of sp³-hybridized carbons (Fsp3) is 1.00. The number of hydrogen-bond donors (Lipinski definition) is 1. The molecule has 1 heterocycles. The Morgan fingerprint density at radius 1 is 1.46 bits per heavy atom. The van der Waals surface area contributed by atoms with Gasteiger partial charge in [0.15, 0.2) is 0 Å². The van der Waals surface area contributed by atoms with Gasteiger partial charge in [-0.1, -0.05) is 20.8 Å². The lowest BCUT2D eigenvalue weighted by molar-refractivity contribution is 0.0336. The minimum atomic E-state index is -0.0599. The molecule has 1 aliphatic rings. The van der Waals surface area contributed by atoms with Gasteiger partial charge in [0.05, 0.1) is 6.10 Å². The van der Waals surface area contributed by atoms with Crippen molar-refractivity contribution >= 4 is 0 Å². The summed E-state index contributed by atoms with van der Waals surface area (Å²) in [6.07, 6.45) is 2.18. The monoisotopic (exact) mass is 185 g/mol. The molecule has 0 aromatic carbocycles. The van der Waals surface area contributed by atoms with Crippen molar-refractivity contribution in [3.63, 3.8) is 0 Å². The first-order valence-electron chi connectivity index (χ1n) is 5.50. The van der Waals surface area contributed by atoms with E-state index in [-0.39, 0.29) is 6.10 Å². The molecule has 0 aliphatic carbocycles. The number of nitrogens with zero attached hydrogens (tertiary/aromatic N) is 1. The van der Waals surface area contributed by atoms with Crippen LogP contribution in [-0.2, 0) is 0 Å². The Balaban J connectivity index is 2.21. The molecular weight excluding hydrogens is 162 g/mol. The molecule has 1 fully saturated rings. The Bertz CT molecular complexity index is 147. The molecule has 13 heavy (non-hydrogen) atoms. The van der Waals surface area contributed by atoms with E-state index in [0.717, 1.165) is 25.4 Å². The van der Waals surface area contributed by atoms with Crippen LogP contribution in [0.5, 0.6) is 0 Å². The van der Waals surface area contributed by atoms with Crippen molar-refractivity contribution in [1.82, 2.24) is 4.90 Å². The highest BCUT2D eigenvalue weighted by atomic mass is 16.3. The SMILES string of the molecule is CC(C)CCN1CCC(O)C(C)C1. The second-order valence-corrected chi connectivity index (χ2v) is 4.82. The van der Waals surface area contributed by atoms with Crippen LogP contribution in [0.25, 0.3) is 0 Å². The third-order valence-electron chi connectivity index (χ3n) is 2.97. The number of piperidine rings is 1. The van der Waals surface area contributed by atoms with Gasteiger partial charge >= 0.3 is 0 Å². The zero-order chi connectivity index (χ0) is 9.84. The molecule has 2 nitrogen and oxygen atoms in total. The summed E-state index contributed by atoms with van der Waals surface area (Å²) in [4.78, 5) is 2.48. The molecule has 2 heteroatoms. The lowest BCUT2D eigenvalue weighted by Crippen LogP contribution is -2.42. The van der Waals surface area contributed by atoms with Crippen molar-refractivity contribution in [1.29, 1.82) is 0 Å². The minimum absolute atomic E-state index is 0.0599. The van der Waals surface area contributed by atoms with Gasteiger partial charge < -0.3 is 10.0 Å². The Kier molecular flexibility index (Phi) is 4.20. The Morgan fingerprint density at radius 2 is 2.15 bits per heavy atom. The van der Waals surface area contributed by atoms with Gasteiger partial charge in [0.25, 0.3) is 0 Å². The largest absolute Gasteiger partial charge is 0.393 e. The number of aliphatic hydroxyl groups excluding tert-OH is 1. The van der Waals surface area contributed by atoms with Crippen molar-refractivity contribution in [3.05, 3.63) is 0 Å². The normalized spacial score (nSPS) is 31.2. The summed E-state index contributed by atoms with van der Waals surface area (Å²) in [5, 5.41) is 9.55. The fourth-order valence-corrected chi connectivity index (χ4v) is 1.86. The maximum absolute atomic E-state index is 9.55. The van der Waals surface area contributed by atoms with Gasteiger partial charge in [-0.15, -0.1) is 0 Å². The van der Waals surface area contributed by atoms with Crippen molar-refractivity contribution in [2.24, 2.45) is 11.8 Å².